The highest BCUT2D eigenvalue weighted by atomic mass is 16.5. The molecule has 0 aliphatic heterocycles. The molecule has 3 aromatic carbocycles. The SMILES string of the molecule is Cc1cc(C)cc(OCCCCn2c(CCCCCNC(=O)c3cccc(C)c3)nc3ccccc32)c1. The van der Waals surface area contributed by atoms with E-state index in [1.165, 1.54) is 16.6 Å². The number of nitrogens with zero attached hydrogens (tertiary/aromatic N) is 2. The molecule has 4 rings (SSSR count). The third-order valence-electron chi connectivity index (χ3n) is 6.62. The van der Waals surface area contributed by atoms with E-state index in [-0.39, 0.29) is 5.91 Å². The topological polar surface area (TPSA) is 56.1 Å². The maximum Gasteiger partial charge on any atom is 0.251 e. The maximum absolute atomic E-state index is 12.3. The van der Waals surface area contributed by atoms with Crippen LogP contribution in [0.15, 0.2) is 66.7 Å². The van der Waals surface area contributed by atoms with Gasteiger partial charge in [-0.25, -0.2) is 4.98 Å². The molecule has 0 saturated carbocycles. The molecule has 1 aromatic heterocycles. The van der Waals surface area contributed by atoms with Crippen molar-refractivity contribution in [1.29, 1.82) is 0 Å². The maximum atomic E-state index is 12.3. The average molecular weight is 498 g/mol. The number of para-hydroxylation sites is 2. The fraction of sp³-hybridized carbons (Fsp3) is 0.375. The Kier molecular flexibility index (Phi) is 9.36. The first-order chi connectivity index (χ1) is 18.0. The van der Waals surface area contributed by atoms with Crippen molar-refractivity contribution in [1.82, 2.24) is 14.9 Å². The van der Waals surface area contributed by atoms with Crippen LogP contribution in [0.1, 0.15) is 65.0 Å². The van der Waals surface area contributed by atoms with Crippen LogP contribution in [-0.4, -0.2) is 28.6 Å². The van der Waals surface area contributed by atoms with Gasteiger partial charge in [-0.1, -0.05) is 42.3 Å². The lowest BCUT2D eigenvalue weighted by atomic mass is 10.1. The van der Waals surface area contributed by atoms with Gasteiger partial charge in [-0.05, 0) is 94.0 Å². The van der Waals surface area contributed by atoms with Crippen molar-refractivity contribution in [2.24, 2.45) is 0 Å². The Morgan fingerprint density at radius 1 is 0.838 bits per heavy atom. The minimum Gasteiger partial charge on any atom is -0.494 e. The fourth-order valence-electron chi connectivity index (χ4n) is 4.82. The second-order valence-electron chi connectivity index (χ2n) is 9.98. The van der Waals surface area contributed by atoms with E-state index in [4.69, 9.17) is 9.72 Å². The van der Waals surface area contributed by atoms with E-state index in [0.717, 1.165) is 79.9 Å². The quantitative estimate of drug-likeness (QED) is 0.203. The van der Waals surface area contributed by atoms with Crippen molar-refractivity contribution in [2.75, 3.05) is 13.2 Å². The number of rotatable bonds is 13. The zero-order valence-electron chi connectivity index (χ0n) is 22.4. The number of fused-ring (bicyclic) bond motifs is 1. The molecule has 5 nitrogen and oxygen atoms in total. The van der Waals surface area contributed by atoms with Crippen molar-refractivity contribution in [3.05, 3.63) is 94.8 Å². The molecule has 1 amide bonds. The van der Waals surface area contributed by atoms with Crippen LogP contribution in [0.4, 0.5) is 0 Å². The fourth-order valence-corrected chi connectivity index (χ4v) is 4.82. The van der Waals surface area contributed by atoms with Crippen LogP contribution in [0.2, 0.25) is 0 Å². The van der Waals surface area contributed by atoms with Gasteiger partial charge in [-0.2, -0.15) is 0 Å². The molecule has 0 radical (unpaired) electrons. The summed E-state index contributed by atoms with van der Waals surface area (Å²) in [5.74, 6) is 2.12. The molecule has 0 spiro atoms. The van der Waals surface area contributed by atoms with Crippen molar-refractivity contribution in [3.63, 3.8) is 0 Å². The van der Waals surface area contributed by atoms with Gasteiger partial charge in [-0.3, -0.25) is 4.79 Å². The smallest absolute Gasteiger partial charge is 0.251 e. The molecule has 5 heteroatoms. The summed E-state index contributed by atoms with van der Waals surface area (Å²) in [6, 6.07) is 22.5. The number of nitrogens with one attached hydrogen (secondary N) is 1. The van der Waals surface area contributed by atoms with E-state index >= 15 is 0 Å². The summed E-state index contributed by atoms with van der Waals surface area (Å²) in [6.45, 7) is 8.58. The van der Waals surface area contributed by atoms with E-state index in [9.17, 15) is 4.79 Å². The van der Waals surface area contributed by atoms with Gasteiger partial charge in [0.05, 0.1) is 17.6 Å². The number of aryl methyl sites for hydroxylation is 5. The van der Waals surface area contributed by atoms with E-state index in [1.807, 2.05) is 31.2 Å². The van der Waals surface area contributed by atoms with Crippen LogP contribution in [0.25, 0.3) is 11.0 Å². The first-order valence-corrected chi connectivity index (χ1v) is 13.5. The number of carbonyl (C=O) groups is 1. The minimum absolute atomic E-state index is 0.00649. The predicted molar refractivity (Wildman–Crippen MR) is 151 cm³/mol. The number of carbonyl (C=O) groups excluding carboxylic acids is 1. The van der Waals surface area contributed by atoms with Gasteiger partial charge in [0.15, 0.2) is 0 Å². The summed E-state index contributed by atoms with van der Waals surface area (Å²) in [4.78, 5) is 17.3. The summed E-state index contributed by atoms with van der Waals surface area (Å²) in [7, 11) is 0. The molecule has 0 unspecified atom stereocenters. The molecule has 4 aromatic rings. The Balaban J connectivity index is 1.22. The Labute approximate surface area is 220 Å². The zero-order chi connectivity index (χ0) is 26.0. The van der Waals surface area contributed by atoms with Gasteiger partial charge < -0.3 is 14.6 Å². The predicted octanol–water partition coefficient (Wildman–Crippen LogP) is 6.96. The molecular weight excluding hydrogens is 458 g/mol. The second kappa shape index (κ2) is 13.1. The normalized spacial score (nSPS) is 11.1. The monoisotopic (exact) mass is 497 g/mol. The Morgan fingerprint density at radius 3 is 2.46 bits per heavy atom. The Bertz CT molecular complexity index is 1300. The van der Waals surface area contributed by atoms with Crippen LogP contribution >= 0.6 is 0 Å². The first kappa shape index (κ1) is 26.5. The Morgan fingerprint density at radius 2 is 1.65 bits per heavy atom. The van der Waals surface area contributed by atoms with Crippen LogP contribution in [0.3, 0.4) is 0 Å². The molecule has 194 valence electrons. The number of benzene rings is 3. The molecule has 1 heterocycles. The largest absolute Gasteiger partial charge is 0.494 e. The van der Waals surface area contributed by atoms with E-state index in [0.29, 0.717) is 6.54 Å². The van der Waals surface area contributed by atoms with Gasteiger partial charge in [0.1, 0.15) is 11.6 Å². The number of unbranched alkanes of at least 4 members (excludes halogenated alkanes) is 3. The number of amides is 1. The molecule has 1 N–H and O–H groups in total. The van der Waals surface area contributed by atoms with E-state index < -0.39 is 0 Å². The number of hydrogen-bond acceptors (Lipinski definition) is 3. The van der Waals surface area contributed by atoms with Crippen LogP contribution in [-0.2, 0) is 13.0 Å². The summed E-state index contributed by atoms with van der Waals surface area (Å²) in [6.07, 6.45) is 6.07. The van der Waals surface area contributed by atoms with Crippen LogP contribution < -0.4 is 10.1 Å². The van der Waals surface area contributed by atoms with Crippen LogP contribution in [0.5, 0.6) is 5.75 Å². The van der Waals surface area contributed by atoms with Crippen molar-refractivity contribution in [3.8, 4) is 5.75 Å². The van der Waals surface area contributed by atoms with E-state index in [2.05, 4.69) is 66.2 Å². The van der Waals surface area contributed by atoms with Gasteiger partial charge in [0.2, 0.25) is 0 Å². The third-order valence-corrected chi connectivity index (χ3v) is 6.62. The highest BCUT2D eigenvalue weighted by molar-refractivity contribution is 5.94. The second-order valence-corrected chi connectivity index (χ2v) is 9.98. The highest BCUT2D eigenvalue weighted by Crippen LogP contribution is 2.20. The lowest BCUT2D eigenvalue weighted by Crippen LogP contribution is -2.24. The van der Waals surface area contributed by atoms with Crippen LogP contribution in [0, 0.1) is 20.8 Å². The van der Waals surface area contributed by atoms with Gasteiger partial charge in [-0.15, -0.1) is 0 Å². The summed E-state index contributed by atoms with van der Waals surface area (Å²) in [5.41, 5.74) is 6.57. The standard InChI is InChI=1S/C32H39N3O2/c1-24-12-11-13-27(21-24)32(36)33-17-8-4-5-16-31-34-29-14-6-7-15-30(29)35(31)18-9-10-19-37-28-22-25(2)20-26(3)23-28/h6-7,11-15,20-23H,4-5,8-10,16-19H2,1-3H3,(H,33,36). The lowest BCUT2D eigenvalue weighted by molar-refractivity contribution is 0.0953. The van der Waals surface area contributed by atoms with Crippen molar-refractivity contribution in [2.45, 2.75) is 65.8 Å². The number of aromatic nitrogens is 2. The van der Waals surface area contributed by atoms with Gasteiger partial charge in [0.25, 0.3) is 5.91 Å². The number of imidazole rings is 1. The first-order valence-electron chi connectivity index (χ1n) is 13.5. The Hall–Kier alpha value is -3.60. The number of ether oxygens (including phenoxy) is 1. The molecule has 0 fully saturated rings. The van der Waals surface area contributed by atoms with Gasteiger partial charge >= 0.3 is 0 Å². The average Bonchev–Trinajstić information content (AvgIpc) is 3.22. The van der Waals surface area contributed by atoms with Gasteiger partial charge in [0, 0.05) is 25.1 Å². The van der Waals surface area contributed by atoms with Crippen molar-refractivity contribution >= 4 is 16.9 Å². The molecule has 0 aliphatic carbocycles. The molecule has 37 heavy (non-hydrogen) atoms. The van der Waals surface area contributed by atoms with E-state index in [1.54, 1.807) is 0 Å². The molecule has 0 atom stereocenters. The summed E-state index contributed by atoms with van der Waals surface area (Å²) >= 11 is 0. The molecule has 0 saturated heterocycles. The van der Waals surface area contributed by atoms with Crippen molar-refractivity contribution < 1.29 is 9.53 Å². The summed E-state index contributed by atoms with van der Waals surface area (Å²) < 4.78 is 8.38. The molecule has 0 aliphatic rings. The molecule has 0 bridgehead atoms. The summed E-state index contributed by atoms with van der Waals surface area (Å²) in [5, 5.41) is 3.04. The molecular formula is C32H39N3O2. The third kappa shape index (κ3) is 7.69. The minimum atomic E-state index is 0.00649. The zero-order valence-corrected chi connectivity index (χ0v) is 22.4. The number of hydrogen-bond donors (Lipinski definition) is 1. The highest BCUT2D eigenvalue weighted by Gasteiger charge is 2.10. The lowest BCUT2D eigenvalue weighted by Gasteiger charge is -2.11.